The smallest absolute Gasteiger partial charge is 0.326 e. The first-order valence-electron chi connectivity index (χ1n) is 12.1. The molecule has 0 bridgehead atoms. The van der Waals surface area contributed by atoms with Crippen molar-refractivity contribution in [2.45, 2.75) is 70.1 Å². The molecule has 36 heavy (non-hydrogen) atoms. The van der Waals surface area contributed by atoms with Crippen LogP contribution in [0.2, 0.25) is 0 Å². The quantitative estimate of drug-likeness (QED) is 0.186. The molecule has 0 saturated carbocycles. The van der Waals surface area contributed by atoms with Crippen LogP contribution in [0.4, 0.5) is 0 Å². The predicted molar refractivity (Wildman–Crippen MR) is 128 cm³/mol. The van der Waals surface area contributed by atoms with E-state index in [0.29, 0.717) is 24.2 Å². The first-order chi connectivity index (χ1) is 17.3. The number of hydrogen-bond donors (Lipinski definition) is 7. The van der Waals surface area contributed by atoms with Crippen LogP contribution in [0.3, 0.4) is 0 Å². The van der Waals surface area contributed by atoms with Crippen LogP contribution in [0.15, 0.2) is 25.0 Å². The Kier molecular flexibility index (Phi) is 9.56. The number of carboxylic acids is 1. The number of nitrogens with one attached hydrogen (secondary N) is 6. The zero-order chi connectivity index (χ0) is 26.1. The maximum atomic E-state index is 13.3. The Morgan fingerprint density at radius 3 is 2.14 bits per heavy atom. The molecule has 1 fully saturated rings. The van der Waals surface area contributed by atoms with E-state index < -0.39 is 35.9 Å². The lowest BCUT2D eigenvalue weighted by molar-refractivity contribution is -0.142. The highest BCUT2D eigenvalue weighted by Gasteiger charge is 2.33. The topological polar surface area (TPSA) is 194 Å². The van der Waals surface area contributed by atoms with Gasteiger partial charge in [-0.25, -0.2) is 14.8 Å². The molecular weight excluding hydrogens is 468 g/mol. The number of aliphatic carboxylic acids is 1. The molecule has 5 unspecified atom stereocenters. The number of rotatable bonds is 13. The van der Waals surface area contributed by atoms with Crippen molar-refractivity contribution in [1.29, 1.82) is 0 Å². The van der Waals surface area contributed by atoms with Crippen molar-refractivity contribution in [2.75, 3.05) is 6.54 Å². The summed E-state index contributed by atoms with van der Waals surface area (Å²) in [5, 5.41) is 20.8. The van der Waals surface area contributed by atoms with Gasteiger partial charge in [0.05, 0.1) is 18.7 Å². The second-order valence-corrected chi connectivity index (χ2v) is 9.04. The lowest BCUT2D eigenvalue weighted by atomic mass is 9.97. The van der Waals surface area contributed by atoms with Crippen LogP contribution in [-0.2, 0) is 32.0 Å². The second kappa shape index (κ2) is 12.8. The van der Waals surface area contributed by atoms with Crippen LogP contribution in [0.1, 0.15) is 44.5 Å². The Morgan fingerprint density at radius 1 is 1.00 bits per heavy atom. The average molecular weight is 503 g/mol. The number of imidazole rings is 2. The van der Waals surface area contributed by atoms with Crippen molar-refractivity contribution in [1.82, 2.24) is 41.2 Å². The lowest BCUT2D eigenvalue weighted by Crippen LogP contribution is -2.59. The largest absolute Gasteiger partial charge is 0.480 e. The van der Waals surface area contributed by atoms with E-state index in [9.17, 15) is 24.3 Å². The summed E-state index contributed by atoms with van der Waals surface area (Å²) in [5.74, 6) is -2.95. The maximum Gasteiger partial charge on any atom is 0.326 e. The molecule has 0 spiro atoms. The fraction of sp³-hybridized carbons (Fsp3) is 0.565. The average Bonchev–Trinajstić information content (AvgIpc) is 3.64. The Morgan fingerprint density at radius 2 is 1.64 bits per heavy atom. The van der Waals surface area contributed by atoms with Gasteiger partial charge in [0, 0.05) is 36.6 Å². The number of hydrogen-bond acceptors (Lipinski definition) is 7. The van der Waals surface area contributed by atoms with E-state index in [0.717, 1.165) is 13.0 Å². The molecule has 2 aromatic heterocycles. The fourth-order valence-electron chi connectivity index (χ4n) is 4.04. The third-order valence-corrected chi connectivity index (χ3v) is 6.38. The summed E-state index contributed by atoms with van der Waals surface area (Å²) < 4.78 is 0. The molecule has 3 rings (SSSR count). The minimum atomic E-state index is -1.21. The Labute approximate surface area is 208 Å². The number of carboxylic acid groups (broad SMARTS) is 1. The molecule has 0 radical (unpaired) electrons. The highest BCUT2D eigenvalue weighted by molar-refractivity contribution is 5.94. The molecule has 13 heteroatoms. The summed E-state index contributed by atoms with van der Waals surface area (Å²) in [7, 11) is 0. The first kappa shape index (κ1) is 26.9. The molecule has 0 aromatic carbocycles. The summed E-state index contributed by atoms with van der Waals surface area (Å²) in [6, 6.07) is -3.55. The third-order valence-electron chi connectivity index (χ3n) is 6.38. The van der Waals surface area contributed by atoms with E-state index in [1.54, 1.807) is 13.1 Å². The number of aromatic nitrogens is 4. The summed E-state index contributed by atoms with van der Waals surface area (Å²) in [4.78, 5) is 64.6. The van der Waals surface area contributed by atoms with Crippen LogP contribution in [0, 0.1) is 5.92 Å². The molecule has 5 atom stereocenters. The molecule has 3 amide bonds. The van der Waals surface area contributed by atoms with E-state index in [1.807, 2.05) is 6.92 Å². The van der Waals surface area contributed by atoms with E-state index in [4.69, 9.17) is 0 Å². The minimum absolute atomic E-state index is 0.00907. The second-order valence-electron chi connectivity index (χ2n) is 9.04. The van der Waals surface area contributed by atoms with E-state index >= 15 is 0 Å². The molecule has 2 aromatic rings. The molecular formula is C23H34N8O5. The van der Waals surface area contributed by atoms with Gasteiger partial charge in [0.15, 0.2) is 0 Å². The molecule has 1 aliphatic heterocycles. The van der Waals surface area contributed by atoms with Gasteiger partial charge >= 0.3 is 5.97 Å². The Hall–Kier alpha value is -3.74. The molecule has 0 aliphatic carbocycles. The summed E-state index contributed by atoms with van der Waals surface area (Å²) in [6.07, 6.45) is 8.21. The molecule has 1 saturated heterocycles. The number of amides is 3. The van der Waals surface area contributed by atoms with Gasteiger partial charge in [0.25, 0.3) is 0 Å². The molecule has 3 heterocycles. The number of carbonyl (C=O) groups is 4. The maximum absolute atomic E-state index is 13.3. The van der Waals surface area contributed by atoms with Crippen LogP contribution >= 0.6 is 0 Å². The normalized spacial score (nSPS) is 18.6. The molecule has 7 N–H and O–H groups in total. The van der Waals surface area contributed by atoms with Crippen LogP contribution in [0.5, 0.6) is 0 Å². The zero-order valence-corrected chi connectivity index (χ0v) is 20.4. The van der Waals surface area contributed by atoms with Crippen LogP contribution < -0.4 is 21.3 Å². The van der Waals surface area contributed by atoms with Crippen molar-refractivity contribution in [3.63, 3.8) is 0 Å². The lowest BCUT2D eigenvalue weighted by Gasteiger charge is -2.28. The summed E-state index contributed by atoms with van der Waals surface area (Å²) in [5.41, 5.74) is 1.19. The van der Waals surface area contributed by atoms with Crippen molar-refractivity contribution < 1.29 is 24.3 Å². The monoisotopic (exact) mass is 502 g/mol. The van der Waals surface area contributed by atoms with Gasteiger partial charge in [0.1, 0.15) is 18.1 Å². The van der Waals surface area contributed by atoms with E-state index in [-0.39, 0.29) is 30.7 Å². The standard InChI is InChI=1S/C23H34N8O5/c1-3-13(2)19(22(34)30-18(23(35)36)8-15-10-25-12-28-15)31-21(33)17(7-14-9-24-11-27-14)29-20(32)16-5-4-6-26-16/h9-13,16-19,26H,3-8H2,1-2H3,(H,24,27)(H,25,28)(H,29,32)(H,30,34)(H,31,33)(H,35,36). The number of carbonyl (C=O) groups excluding carboxylic acids is 3. The van der Waals surface area contributed by atoms with Crippen LogP contribution in [-0.4, -0.2) is 79.4 Å². The number of aromatic amines is 2. The summed E-state index contributed by atoms with van der Waals surface area (Å²) in [6.45, 7) is 4.39. The Bertz CT molecular complexity index is 1000. The fourth-order valence-corrected chi connectivity index (χ4v) is 4.04. The SMILES string of the molecule is CCC(C)C(NC(=O)C(Cc1cnc[nH]1)NC(=O)C1CCCN1)C(=O)NC(Cc1cnc[nH]1)C(=O)O. The molecule has 13 nitrogen and oxygen atoms in total. The van der Waals surface area contributed by atoms with Gasteiger partial charge in [-0.1, -0.05) is 20.3 Å². The first-order valence-corrected chi connectivity index (χ1v) is 12.1. The summed E-state index contributed by atoms with van der Waals surface area (Å²) >= 11 is 0. The van der Waals surface area contributed by atoms with Crippen LogP contribution in [0.25, 0.3) is 0 Å². The van der Waals surface area contributed by atoms with Crippen molar-refractivity contribution in [3.8, 4) is 0 Å². The van der Waals surface area contributed by atoms with Gasteiger partial charge in [-0.05, 0) is 25.3 Å². The minimum Gasteiger partial charge on any atom is -0.480 e. The van der Waals surface area contributed by atoms with Gasteiger partial charge < -0.3 is 36.3 Å². The highest BCUT2D eigenvalue weighted by atomic mass is 16.4. The van der Waals surface area contributed by atoms with E-state index in [2.05, 4.69) is 41.2 Å². The van der Waals surface area contributed by atoms with Gasteiger partial charge in [0.2, 0.25) is 17.7 Å². The number of nitrogens with zero attached hydrogens (tertiary/aromatic N) is 2. The highest BCUT2D eigenvalue weighted by Crippen LogP contribution is 2.11. The Balaban J connectivity index is 1.72. The van der Waals surface area contributed by atoms with Gasteiger partial charge in [-0.2, -0.15) is 0 Å². The van der Waals surface area contributed by atoms with Crippen molar-refractivity contribution in [3.05, 3.63) is 36.4 Å². The number of H-pyrrole nitrogens is 2. The zero-order valence-electron chi connectivity index (χ0n) is 20.4. The third kappa shape index (κ3) is 7.38. The van der Waals surface area contributed by atoms with Gasteiger partial charge in [-0.15, -0.1) is 0 Å². The van der Waals surface area contributed by atoms with Crippen molar-refractivity contribution >= 4 is 23.7 Å². The molecule has 196 valence electrons. The molecule has 1 aliphatic rings. The van der Waals surface area contributed by atoms with Gasteiger partial charge in [-0.3, -0.25) is 14.4 Å². The van der Waals surface area contributed by atoms with Crippen molar-refractivity contribution in [2.24, 2.45) is 5.92 Å². The van der Waals surface area contributed by atoms with E-state index in [1.165, 1.54) is 18.9 Å². The predicted octanol–water partition coefficient (Wildman–Crippen LogP) is -0.745.